The Morgan fingerprint density at radius 3 is 2.17 bits per heavy atom. The van der Waals surface area contributed by atoms with E-state index in [2.05, 4.69) is 41.4 Å². The maximum Gasteiger partial charge on any atom is 0.273 e. The number of carbonyl (C=O) groups excluding carboxylic acids is 1. The van der Waals surface area contributed by atoms with Gasteiger partial charge >= 0.3 is 0 Å². The number of benzene rings is 1. The van der Waals surface area contributed by atoms with E-state index in [-0.39, 0.29) is 5.91 Å². The Hall–Kier alpha value is -2.17. The van der Waals surface area contributed by atoms with E-state index in [1.165, 1.54) is 5.56 Å². The Balaban J connectivity index is 2.38. The molecule has 0 aliphatic carbocycles. The molecule has 0 spiro atoms. The molecule has 0 aliphatic heterocycles. The van der Waals surface area contributed by atoms with Crippen LogP contribution in [0, 0.1) is 13.8 Å². The van der Waals surface area contributed by atoms with Gasteiger partial charge in [-0.15, -0.1) is 0 Å². The largest absolute Gasteiger partial charge is 0.368 e. The summed E-state index contributed by atoms with van der Waals surface area (Å²) >= 11 is 0. The minimum atomic E-state index is -0.157. The number of fused-ring (bicyclic) bond motifs is 1. The van der Waals surface area contributed by atoms with Crippen molar-refractivity contribution in [3.8, 4) is 0 Å². The number of amides is 1. The van der Waals surface area contributed by atoms with Crippen molar-refractivity contribution >= 4 is 22.8 Å². The Morgan fingerprint density at radius 1 is 0.958 bits per heavy atom. The molecule has 1 heterocycles. The van der Waals surface area contributed by atoms with E-state index in [4.69, 9.17) is 0 Å². The molecule has 24 heavy (non-hydrogen) atoms. The van der Waals surface area contributed by atoms with Crippen LogP contribution in [0.1, 0.15) is 61.1 Å². The minimum absolute atomic E-state index is 0.157. The van der Waals surface area contributed by atoms with Crippen molar-refractivity contribution in [2.24, 2.45) is 0 Å². The highest BCUT2D eigenvalue weighted by Crippen LogP contribution is 2.21. The predicted molar refractivity (Wildman–Crippen MR) is 99.7 cm³/mol. The van der Waals surface area contributed by atoms with Gasteiger partial charge in [0, 0.05) is 13.1 Å². The number of hydrogen-bond acceptors (Lipinski definition) is 4. The molecule has 5 heteroatoms. The molecule has 0 fully saturated rings. The lowest BCUT2D eigenvalue weighted by atomic mass is 10.1. The number of aryl methyl sites for hydroxylation is 2. The van der Waals surface area contributed by atoms with Crippen molar-refractivity contribution in [3.05, 3.63) is 29.0 Å². The van der Waals surface area contributed by atoms with Crippen molar-refractivity contribution in [1.82, 2.24) is 15.3 Å². The fraction of sp³-hybridized carbons (Fsp3) is 0.526. The zero-order valence-electron chi connectivity index (χ0n) is 15.2. The van der Waals surface area contributed by atoms with E-state index in [0.29, 0.717) is 18.1 Å². The molecule has 0 unspecified atom stereocenters. The summed E-state index contributed by atoms with van der Waals surface area (Å²) in [4.78, 5) is 21.8. The number of hydrogen-bond donors (Lipinski definition) is 2. The van der Waals surface area contributed by atoms with Gasteiger partial charge in [-0.2, -0.15) is 0 Å². The van der Waals surface area contributed by atoms with Crippen LogP contribution in [0.3, 0.4) is 0 Å². The second kappa shape index (κ2) is 8.62. The lowest BCUT2D eigenvalue weighted by Gasteiger charge is -2.12. The highest BCUT2D eigenvalue weighted by Gasteiger charge is 2.16. The summed E-state index contributed by atoms with van der Waals surface area (Å²) in [5.41, 5.74) is 4.30. The Kier molecular flexibility index (Phi) is 6.53. The minimum Gasteiger partial charge on any atom is -0.368 e. The molecule has 2 aromatic rings. The third kappa shape index (κ3) is 4.43. The topological polar surface area (TPSA) is 66.9 Å². The number of nitrogens with one attached hydrogen (secondary N) is 2. The molecule has 5 nitrogen and oxygen atoms in total. The summed E-state index contributed by atoms with van der Waals surface area (Å²) in [7, 11) is 0. The van der Waals surface area contributed by atoms with Crippen LogP contribution in [-0.4, -0.2) is 29.0 Å². The summed E-state index contributed by atoms with van der Waals surface area (Å²) in [6.07, 6.45) is 4.13. The summed E-state index contributed by atoms with van der Waals surface area (Å²) in [5, 5.41) is 6.22. The summed E-state index contributed by atoms with van der Waals surface area (Å²) in [6.45, 7) is 9.80. The molecule has 0 radical (unpaired) electrons. The number of nitrogens with zero attached hydrogens (tertiary/aromatic N) is 2. The summed E-state index contributed by atoms with van der Waals surface area (Å²) < 4.78 is 0. The fourth-order valence-electron chi connectivity index (χ4n) is 2.44. The van der Waals surface area contributed by atoms with Gasteiger partial charge in [-0.25, -0.2) is 9.97 Å². The molecule has 0 aliphatic rings. The van der Waals surface area contributed by atoms with Crippen LogP contribution in [0.2, 0.25) is 0 Å². The number of anilines is 1. The Bertz CT molecular complexity index is 712. The number of aromatic nitrogens is 2. The first-order valence-corrected chi connectivity index (χ1v) is 8.87. The smallest absolute Gasteiger partial charge is 0.273 e. The van der Waals surface area contributed by atoms with Gasteiger partial charge in [-0.3, -0.25) is 4.79 Å². The van der Waals surface area contributed by atoms with Gasteiger partial charge in [0.05, 0.1) is 11.0 Å². The molecule has 0 saturated heterocycles. The Morgan fingerprint density at radius 2 is 1.54 bits per heavy atom. The summed E-state index contributed by atoms with van der Waals surface area (Å²) in [6, 6.07) is 4.03. The molecule has 2 rings (SSSR count). The maximum atomic E-state index is 12.5. The molecule has 0 saturated carbocycles. The first-order chi connectivity index (χ1) is 11.6. The van der Waals surface area contributed by atoms with E-state index in [1.807, 2.05) is 19.1 Å². The van der Waals surface area contributed by atoms with Gasteiger partial charge in [0.15, 0.2) is 11.5 Å². The van der Waals surface area contributed by atoms with Gasteiger partial charge in [0.2, 0.25) is 0 Å². The molecule has 130 valence electrons. The second-order valence-electron chi connectivity index (χ2n) is 6.24. The highest BCUT2D eigenvalue weighted by molar-refractivity contribution is 5.99. The molecule has 0 atom stereocenters. The van der Waals surface area contributed by atoms with Gasteiger partial charge in [0.25, 0.3) is 5.91 Å². The first kappa shape index (κ1) is 18.2. The zero-order valence-corrected chi connectivity index (χ0v) is 15.2. The van der Waals surface area contributed by atoms with Crippen LogP contribution < -0.4 is 10.6 Å². The van der Waals surface area contributed by atoms with E-state index in [9.17, 15) is 4.79 Å². The monoisotopic (exact) mass is 328 g/mol. The first-order valence-electron chi connectivity index (χ1n) is 8.87. The van der Waals surface area contributed by atoms with E-state index in [1.54, 1.807) is 0 Å². The van der Waals surface area contributed by atoms with Crippen LogP contribution in [0.4, 0.5) is 5.82 Å². The molecular weight excluding hydrogens is 300 g/mol. The number of rotatable bonds is 8. The molecule has 1 aromatic heterocycles. The standard InChI is InChI=1S/C19H28N4O/c1-5-7-9-20-18-17(19(24)21-10-8-6-2)22-15-11-13(3)14(4)12-16(15)23-18/h11-12H,5-10H2,1-4H3,(H,20,23)(H,21,24). The van der Waals surface area contributed by atoms with Crippen LogP contribution in [-0.2, 0) is 0 Å². The normalized spacial score (nSPS) is 10.8. The van der Waals surface area contributed by atoms with Crippen LogP contribution in [0.15, 0.2) is 12.1 Å². The lowest BCUT2D eigenvalue weighted by molar-refractivity contribution is 0.0949. The number of unbranched alkanes of at least 4 members (excludes halogenated alkanes) is 2. The quantitative estimate of drug-likeness (QED) is 0.719. The van der Waals surface area contributed by atoms with Crippen molar-refractivity contribution in [3.63, 3.8) is 0 Å². The molecule has 2 N–H and O–H groups in total. The van der Waals surface area contributed by atoms with Crippen molar-refractivity contribution in [1.29, 1.82) is 0 Å². The van der Waals surface area contributed by atoms with Crippen LogP contribution in [0.25, 0.3) is 11.0 Å². The zero-order chi connectivity index (χ0) is 17.5. The third-order valence-corrected chi connectivity index (χ3v) is 4.13. The molecule has 0 bridgehead atoms. The highest BCUT2D eigenvalue weighted by atomic mass is 16.1. The van der Waals surface area contributed by atoms with Gasteiger partial charge in [0.1, 0.15) is 0 Å². The lowest BCUT2D eigenvalue weighted by Crippen LogP contribution is -2.27. The van der Waals surface area contributed by atoms with Crippen molar-refractivity contribution < 1.29 is 4.79 Å². The van der Waals surface area contributed by atoms with E-state index >= 15 is 0 Å². The average molecular weight is 328 g/mol. The predicted octanol–water partition coefficient (Wildman–Crippen LogP) is 3.99. The average Bonchev–Trinajstić information content (AvgIpc) is 2.56. The van der Waals surface area contributed by atoms with Crippen LogP contribution in [0.5, 0.6) is 0 Å². The van der Waals surface area contributed by atoms with Crippen LogP contribution >= 0.6 is 0 Å². The SMILES string of the molecule is CCCCNC(=O)c1nc2cc(C)c(C)cc2nc1NCCCC. The van der Waals surface area contributed by atoms with E-state index < -0.39 is 0 Å². The maximum absolute atomic E-state index is 12.5. The second-order valence-corrected chi connectivity index (χ2v) is 6.24. The molecule has 1 aromatic carbocycles. The van der Waals surface area contributed by atoms with Gasteiger partial charge in [-0.05, 0) is 49.9 Å². The summed E-state index contributed by atoms with van der Waals surface area (Å²) in [5.74, 6) is 0.420. The fourth-order valence-corrected chi connectivity index (χ4v) is 2.44. The van der Waals surface area contributed by atoms with Crippen molar-refractivity contribution in [2.45, 2.75) is 53.4 Å². The van der Waals surface area contributed by atoms with Gasteiger partial charge < -0.3 is 10.6 Å². The Labute approximate surface area is 144 Å². The number of carbonyl (C=O) groups is 1. The van der Waals surface area contributed by atoms with E-state index in [0.717, 1.165) is 48.8 Å². The van der Waals surface area contributed by atoms with Crippen molar-refractivity contribution in [2.75, 3.05) is 18.4 Å². The molecule has 1 amide bonds. The van der Waals surface area contributed by atoms with Gasteiger partial charge in [-0.1, -0.05) is 26.7 Å². The third-order valence-electron chi connectivity index (χ3n) is 4.13. The molecular formula is C19H28N4O.